The quantitative estimate of drug-likeness (QED) is 0.411. The molecule has 0 amide bonds. The normalized spacial score (nSPS) is 11.7. The van der Waals surface area contributed by atoms with Crippen molar-refractivity contribution in [1.82, 2.24) is 24.7 Å². The zero-order chi connectivity index (χ0) is 21.7. The Morgan fingerprint density at radius 1 is 1.06 bits per heavy atom. The van der Waals surface area contributed by atoms with E-state index in [9.17, 15) is 9.59 Å². The van der Waals surface area contributed by atoms with Gasteiger partial charge in [-0.3, -0.25) is 9.59 Å². The number of halogens is 1. The van der Waals surface area contributed by atoms with Crippen LogP contribution < -0.4 is 11.1 Å². The Balaban J connectivity index is 1.57. The number of hydrogen-bond acceptors (Lipinski definition) is 5. The van der Waals surface area contributed by atoms with E-state index in [0.717, 1.165) is 10.9 Å². The minimum absolute atomic E-state index is 0.216. The summed E-state index contributed by atoms with van der Waals surface area (Å²) < 4.78 is 6.94. The summed E-state index contributed by atoms with van der Waals surface area (Å²) in [5.74, 6) is 0.921. The second-order valence-corrected chi connectivity index (χ2v) is 8.27. The van der Waals surface area contributed by atoms with E-state index >= 15 is 0 Å². The van der Waals surface area contributed by atoms with Crippen molar-refractivity contribution >= 4 is 33.5 Å². The molecule has 9 heteroatoms. The Bertz CT molecular complexity index is 1560. The first-order valence-corrected chi connectivity index (χ1v) is 10.2. The largest absolute Gasteiger partial charge is 0.351 e. The highest BCUT2D eigenvalue weighted by molar-refractivity contribution is 6.31. The monoisotopic (exact) mass is 435 g/mol. The lowest BCUT2D eigenvalue weighted by Gasteiger charge is -2.12. The molecule has 0 unspecified atom stereocenters. The maximum atomic E-state index is 12.3. The van der Waals surface area contributed by atoms with Crippen LogP contribution >= 0.6 is 11.6 Å². The van der Waals surface area contributed by atoms with E-state index in [4.69, 9.17) is 16.1 Å². The van der Waals surface area contributed by atoms with E-state index in [1.807, 2.05) is 32.0 Å². The standard InChI is InChI=1S/C22H18ClN5O3/c1-11(2)10-28-18-6-3-12(8-16(18)25-20(29)22(28)30)19-26-21(31-27-19)17-9-13-7-14(23)4-5-15(13)24-17/h3-9,11,24H,10H2,1-2H3,(H,25,29). The average Bonchev–Trinajstić information content (AvgIpc) is 3.37. The third kappa shape index (κ3) is 3.44. The summed E-state index contributed by atoms with van der Waals surface area (Å²) in [5.41, 5.74) is 2.21. The fourth-order valence-electron chi connectivity index (χ4n) is 3.63. The summed E-state index contributed by atoms with van der Waals surface area (Å²) in [5, 5.41) is 5.66. The SMILES string of the molecule is CC(C)Cn1c(=O)c(=O)[nH]c2cc(-c3noc(-c4cc5cc(Cl)ccc5[nH]4)n3)ccc21. The molecule has 2 N–H and O–H groups in total. The molecule has 0 radical (unpaired) electrons. The zero-order valence-corrected chi connectivity index (χ0v) is 17.5. The first-order valence-electron chi connectivity index (χ1n) is 9.78. The molecule has 31 heavy (non-hydrogen) atoms. The van der Waals surface area contributed by atoms with Gasteiger partial charge in [0, 0.05) is 28.0 Å². The van der Waals surface area contributed by atoms with Crippen molar-refractivity contribution in [2.24, 2.45) is 5.92 Å². The second-order valence-electron chi connectivity index (χ2n) is 7.83. The van der Waals surface area contributed by atoms with Gasteiger partial charge in [-0.15, -0.1) is 0 Å². The molecule has 8 nitrogen and oxygen atoms in total. The minimum atomic E-state index is -0.657. The van der Waals surface area contributed by atoms with E-state index in [0.29, 0.717) is 45.6 Å². The number of fused-ring (bicyclic) bond motifs is 2. The number of nitrogens with one attached hydrogen (secondary N) is 2. The molecule has 0 spiro atoms. The molecular weight excluding hydrogens is 418 g/mol. The molecule has 0 atom stereocenters. The van der Waals surface area contributed by atoms with Crippen molar-refractivity contribution in [2.45, 2.75) is 20.4 Å². The van der Waals surface area contributed by atoms with E-state index in [2.05, 4.69) is 20.1 Å². The second kappa shape index (κ2) is 7.24. The predicted molar refractivity (Wildman–Crippen MR) is 119 cm³/mol. The first-order chi connectivity index (χ1) is 14.9. The van der Waals surface area contributed by atoms with Crippen LogP contribution in [0.3, 0.4) is 0 Å². The van der Waals surface area contributed by atoms with E-state index in [-0.39, 0.29) is 5.92 Å². The van der Waals surface area contributed by atoms with Gasteiger partial charge in [0.05, 0.1) is 11.0 Å². The molecule has 5 aromatic rings. The molecular formula is C22H18ClN5O3. The lowest BCUT2D eigenvalue weighted by atomic mass is 10.1. The van der Waals surface area contributed by atoms with Crippen LogP contribution in [0, 0.1) is 5.92 Å². The molecule has 3 heterocycles. The van der Waals surface area contributed by atoms with Crippen LogP contribution in [-0.4, -0.2) is 24.7 Å². The molecule has 2 aromatic carbocycles. The first kappa shape index (κ1) is 19.3. The number of nitrogens with zero attached hydrogens (tertiary/aromatic N) is 3. The molecule has 0 saturated carbocycles. The van der Waals surface area contributed by atoms with Gasteiger partial charge >= 0.3 is 11.1 Å². The van der Waals surface area contributed by atoms with Crippen LogP contribution in [0.4, 0.5) is 0 Å². The van der Waals surface area contributed by atoms with E-state index < -0.39 is 11.1 Å². The summed E-state index contributed by atoms with van der Waals surface area (Å²) in [6.07, 6.45) is 0. The molecule has 0 bridgehead atoms. The maximum absolute atomic E-state index is 12.3. The summed E-state index contributed by atoms with van der Waals surface area (Å²) in [6.45, 7) is 4.44. The van der Waals surface area contributed by atoms with Crippen LogP contribution in [0.15, 0.2) is 56.6 Å². The van der Waals surface area contributed by atoms with E-state index in [1.54, 1.807) is 24.3 Å². The summed E-state index contributed by atoms with van der Waals surface area (Å²) in [4.78, 5) is 34.8. The minimum Gasteiger partial charge on any atom is -0.351 e. The van der Waals surface area contributed by atoms with Crippen molar-refractivity contribution in [2.75, 3.05) is 0 Å². The predicted octanol–water partition coefficient (Wildman–Crippen LogP) is 4.20. The highest BCUT2D eigenvalue weighted by Crippen LogP contribution is 2.27. The van der Waals surface area contributed by atoms with Gasteiger partial charge in [-0.2, -0.15) is 4.98 Å². The zero-order valence-electron chi connectivity index (χ0n) is 16.8. The van der Waals surface area contributed by atoms with Crippen LogP contribution in [0.1, 0.15) is 13.8 Å². The Morgan fingerprint density at radius 2 is 1.90 bits per heavy atom. The third-order valence-electron chi connectivity index (χ3n) is 5.02. The molecule has 0 saturated heterocycles. The van der Waals surface area contributed by atoms with Crippen LogP contribution in [0.5, 0.6) is 0 Å². The lowest BCUT2D eigenvalue weighted by Crippen LogP contribution is -2.37. The number of aromatic amines is 2. The van der Waals surface area contributed by atoms with Gasteiger partial charge in [0.25, 0.3) is 5.89 Å². The fourth-order valence-corrected chi connectivity index (χ4v) is 3.81. The van der Waals surface area contributed by atoms with Gasteiger partial charge in [-0.25, -0.2) is 0 Å². The fraction of sp³-hybridized carbons (Fsp3) is 0.182. The van der Waals surface area contributed by atoms with Crippen LogP contribution in [0.2, 0.25) is 5.02 Å². The highest BCUT2D eigenvalue weighted by atomic mass is 35.5. The molecule has 156 valence electrons. The number of aromatic nitrogens is 5. The molecule has 0 fully saturated rings. The van der Waals surface area contributed by atoms with Gasteiger partial charge in [0.1, 0.15) is 5.69 Å². The van der Waals surface area contributed by atoms with Crippen molar-refractivity contribution in [3.8, 4) is 23.0 Å². The van der Waals surface area contributed by atoms with Crippen molar-refractivity contribution in [3.63, 3.8) is 0 Å². The molecule has 5 rings (SSSR count). The Morgan fingerprint density at radius 3 is 2.71 bits per heavy atom. The smallest absolute Gasteiger partial charge is 0.316 e. The number of H-pyrrole nitrogens is 2. The van der Waals surface area contributed by atoms with Gasteiger partial charge in [-0.05, 0) is 48.4 Å². The molecule has 0 aliphatic heterocycles. The molecule has 3 aromatic heterocycles. The maximum Gasteiger partial charge on any atom is 0.316 e. The van der Waals surface area contributed by atoms with Crippen molar-refractivity contribution in [3.05, 3.63) is 68.2 Å². The number of benzene rings is 2. The highest BCUT2D eigenvalue weighted by Gasteiger charge is 2.15. The number of rotatable bonds is 4. The average molecular weight is 436 g/mol. The van der Waals surface area contributed by atoms with Gasteiger partial charge in [0.15, 0.2) is 0 Å². The molecule has 0 aliphatic carbocycles. The van der Waals surface area contributed by atoms with Gasteiger partial charge < -0.3 is 19.1 Å². The Labute approximate surface area is 180 Å². The Hall–Kier alpha value is -3.65. The number of hydrogen-bond donors (Lipinski definition) is 2. The van der Waals surface area contributed by atoms with Crippen LogP contribution in [0.25, 0.3) is 44.9 Å². The summed E-state index contributed by atoms with van der Waals surface area (Å²) in [6, 6.07) is 12.8. The third-order valence-corrected chi connectivity index (χ3v) is 5.26. The van der Waals surface area contributed by atoms with Crippen molar-refractivity contribution < 1.29 is 4.52 Å². The summed E-state index contributed by atoms with van der Waals surface area (Å²) >= 11 is 6.05. The van der Waals surface area contributed by atoms with Crippen molar-refractivity contribution in [1.29, 1.82) is 0 Å². The van der Waals surface area contributed by atoms with Gasteiger partial charge in [-0.1, -0.05) is 30.6 Å². The topological polar surface area (TPSA) is 110 Å². The lowest BCUT2D eigenvalue weighted by molar-refractivity contribution is 0.431. The van der Waals surface area contributed by atoms with E-state index in [1.165, 1.54) is 4.57 Å². The van der Waals surface area contributed by atoms with Crippen LogP contribution in [-0.2, 0) is 6.54 Å². The summed E-state index contributed by atoms with van der Waals surface area (Å²) in [7, 11) is 0. The van der Waals surface area contributed by atoms with Gasteiger partial charge in [0.2, 0.25) is 5.82 Å². The molecule has 0 aliphatic rings. The Kier molecular flexibility index (Phi) is 4.51.